The molecule has 1 aromatic carbocycles. The predicted octanol–water partition coefficient (Wildman–Crippen LogP) is 2.09. The highest BCUT2D eigenvalue weighted by Gasteiger charge is 2.33. The molecule has 1 atom stereocenters. The molecule has 0 amide bonds. The Labute approximate surface area is 83.8 Å². The summed E-state index contributed by atoms with van der Waals surface area (Å²) in [7, 11) is 0. The third kappa shape index (κ3) is 1.89. The number of hydrogen-bond donors (Lipinski definition) is 1. The van der Waals surface area contributed by atoms with Crippen LogP contribution in [0.3, 0.4) is 0 Å². The quantitative estimate of drug-likeness (QED) is 0.694. The van der Waals surface area contributed by atoms with Gasteiger partial charge in [0.25, 0.3) is 0 Å². The first kappa shape index (κ1) is 9.49. The van der Waals surface area contributed by atoms with Crippen LogP contribution in [0.5, 0.6) is 0 Å². The maximum absolute atomic E-state index is 5.71. The smallest absolute Gasteiger partial charge is 0.163 e. The number of benzene rings is 1. The molecule has 0 saturated carbocycles. The van der Waals surface area contributed by atoms with E-state index in [9.17, 15) is 0 Å². The van der Waals surface area contributed by atoms with Gasteiger partial charge >= 0.3 is 0 Å². The van der Waals surface area contributed by atoms with Crippen molar-refractivity contribution in [2.24, 2.45) is 0 Å². The second-order valence-corrected chi connectivity index (χ2v) is 3.98. The summed E-state index contributed by atoms with van der Waals surface area (Å²) >= 11 is 0. The number of rotatable bonds is 1. The average Bonchev–Trinajstić information content (AvgIpc) is 2.47. The number of nitrogens with two attached hydrogens (primary N) is 1. The van der Waals surface area contributed by atoms with Gasteiger partial charge in [-0.15, -0.1) is 0 Å². The molecule has 1 fully saturated rings. The van der Waals surface area contributed by atoms with Crippen LogP contribution in [-0.4, -0.2) is 12.4 Å². The molecule has 1 aliphatic heterocycles. The Morgan fingerprint density at radius 2 is 1.93 bits per heavy atom. The topological polar surface area (TPSA) is 44.5 Å². The van der Waals surface area contributed by atoms with Gasteiger partial charge in [-0.3, -0.25) is 0 Å². The van der Waals surface area contributed by atoms with Gasteiger partial charge in [-0.1, -0.05) is 12.1 Å². The molecule has 76 valence electrons. The van der Waals surface area contributed by atoms with Gasteiger partial charge in [0.2, 0.25) is 0 Å². The second-order valence-electron chi connectivity index (χ2n) is 3.98. The monoisotopic (exact) mass is 193 g/mol. The second kappa shape index (κ2) is 3.26. The first-order valence-electron chi connectivity index (χ1n) is 4.74. The maximum atomic E-state index is 5.71. The average molecular weight is 193 g/mol. The van der Waals surface area contributed by atoms with Crippen LogP contribution in [0.1, 0.15) is 25.5 Å². The van der Waals surface area contributed by atoms with Crippen molar-refractivity contribution < 1.29 is 9.47 Å². The van der Waals surface area contributed by atoms with Crippen molar-refractivity contribution in [2.45, 2.75) is 25.7 Å². The van der Waals surface area contributed by atoms with E-state index in [1.54, 1.807) is 0 Å². The van der Waals surface area contributed by atoms with Crippen molar-refractivity contribution in [3.05, 3.63) is 29.8 Å². The first-order chi connectivity index (χ1) is 6.57. The molecular weight excluding hydrogens is 178 g/mol. The maximum Gasteiger partial charge on any atom is 0.163 e. The van der Waals surface area contributed by atoms with Gasteiger partial charge in [-0.2, -0.15) is 0 Å². The van der Waals surface area contributed by atoms with Crippen molar-refractivity contribution in [3.8, 4) is 0 Å². The minimum absolute atomic E-state index is 0.0330. The molecule has 0 spiro atoms. The highest BCUT2D eigenvalue weighted by Crippen LogP contribution is 2.32. The molecule has 0 bridgehead atoms. The zero-order valence-corrected chi connectivity index (χ0v) is 8.49. The van der Waals surface area contributed by atoms with E-state index in [0.29, 0.717) is 6.61 Å². The Morgan fingerprint density at radius 1 is 1.29 bits per heavy atom. The molecule has 1 aromatic rings. The fourth-order valence-electron chi connectivity index (χ4n) is 1.56. The molecule has 0 aromatic heterocycles. The molecule has 2 N–H and O–H groups in total. The van der Waals surface area contributed by atoms with E-state index in [2.05, 4.69) is 0 Å². The molecule has 0 unspecified atom stereocenters. The van der Waals surface area contributed by atoms with E-state index in [1.807, 2.05) is 38.1 Å². The largest absolute Gasteiger partial charge is 0.399 e. The summed E-state index contributed by atoms with van der Waals surface area (Å²) in [5, 5.41) is 0. The lowest BCUT2D eigenvalue weighted by Crippen LogP contribution is -2.19. The molecule has 1 heterocycles. The van der Waals surface area contributed by atoms with E-state index < -0.39 is 5.79 Å². The van der Waals surface area contributed by atoms with Crippen molar-refractivity contribution in [2.75, 3.05) is 12.3 Å². The molecule has 0 aliphatic carbocycles. The number of hydrogen-bond acceptors (Lipinski definition) is 3. The molecule has 1 aliphatic rings. The molecule has 3 heteroatoms. The Balaban J connectivity index is 2.14. The lowest BCUT2D eigenvalue weighted by atomic mass is 10.1. The molecule has 2 rings (SSSR count). The third-order valence-corrected chi connectivity index (χ3v) is 2.32. The van der Waals surface area contributed by atoms with Crippen LogP contribution < -0.4 is 5.73 Å². The van der Waals surface area contributed by atoms with Crippen LogP contribution in [0.2, 0.25) is 0 Å². The Bertz CT molecular complexity index is 319. The Hall–Kier alpha value is -1.06. The molecular formula is C11H15NO2. The van der Waals surface area contributed by atoms with Crippen LogP contribution in [0.4, 0.5) is 5.69 Å². The zero-order valence-electron chi connectivity index (χ0n) is 8.49. The van der Waals surface area contributed by atoms with Crippen LogP contribution in [0.15, 0.2) is 24.3 Å². The van der Waals surface area contributed by atoms with Gasteiger partial charge in [0.1, 0.15) is 6.10 Å². The van der Waals surface area contributed by atoms with Crippen LogP contribution in [-0.2, 0) is 9.47 Å². The molecule has 14 heavy (non-hydrogen) atoms. The van der Waals surface area contributed by atoms with Gasteiger partial charge in [0.05, 0.1) is 6.61 Å². The highest BCUT2D eigenvalue weighted by molar-refractivity contribution is 5.40. The SMILES string of the molecule is CC1(C)OC[C@H](c2ccc(N)cc2)O1. The minimum Gasteiger partial charge on any atom is -0.399 e. The number of ether oxygens (including phenoxy) is 2. The zero-order chi connectivity index (χ0) is 10.2. The molecule has 0 radical (unpaired) electrons. The van der Waals surface area contributed by atoms with Crippen LogP contribution in [0, 0.1) is 0 Å². The minimum atomic E-state index is -0.466. The van der Waals surface area contributed by atoms with Gasteiger partial charge in [-0.25, -0.2) is 0 Å². The standard InChI is InChI=1S/C11H15NO2/c1-11(2)13-7-10(14-11)8-3-5-9(12)6-4-8/h3-6,10H,7,12H2,1-2H3/t10-/m1/s1. The summed E-state index contributed by atoms with van der Waals surface area (Å²) < 4.78 is 11.2. The lowest BCUT2D eigenvalue weighted by Gasteiger charge is -2.17. The summed E-state index contributed by atoms with van der Waals surface area (Å²) in [4.78, 5) is 0. The number of anilines is 1. The van der Waals surface area contributed by atoms with Crippen molar-refractivity contribution >= 4 is 5.69 Å². The normalized spacial score (nSPS) is 25.1. The first-order valence-corrected chi connectivity index (χ1v) is 4.74. The van der Waals surface area contributed by atoms with Gasteiger partial charge in [-0.05, 0) is 31.5 Å². The predicted molar refractivity (Wildman–Crippen MR) is 54.7 cm³/mol. The Kier molecular flexibility index (Phi) is 2.21. The van der Waals surface area contributed by atoms with Gasteiger partial charge in [0.15, 0.2) is 5.79 Å². The van der Waals surface area contributed by atoms with E-state index in [0.717, 1.165) is 11.3 Å². The Morgan fingerprint density at radius 3 is 2.43 bits per heavy atom. The summed E-state index contributed by atoms with van der Waals surface area (Å²) in [5.41, 5.74) is 7.49. The summed E-state index contributed by atoms with van der Waals surface area (Å²) in [6, 6.07) is 7.71. The van der Waals surface area contributed by atoms with E-state index in [1.165, 1.54) is 0 Å². The van der Waals surface area contributed by atoms with Crippen molar-refractivity contribution in [1.29, 1.82) is 0 Å². The van der Waals surface area contributed by atoms with Gasteiger partial charge in [0, 0.05) is 5.69 Å². The molecule has 3 nitrogen and oxygen atoms in total. The summed E-state index contributed by atoms with van der Waals surface area (Å²) in [5.74, 6) is -0.466. The van der Waals surface area contributed by atoms with Crippen LogP contribution in [0.25, 0.3) is 0 Å². The molecule has 1 saturated heterocycles. The van der Waals surface area contributed by atoms with Crippen molar-refractivity contribution in [3.63, 3.8) is 0 Å². The fourth-order valence-corrected chi connectivity index (χ4v) is 1.56. The number of nitrogen functional groups attached to an aromatic ring is 1. The summed E-state index contributed by atoms with van der Waals surface area (Å²) in [6.07, 6.45) is 0.0330. The van der Waals surface area contributed by atoms with E-state index >= 15 is 0 Å². The van der Waals surface area contributed by atoms with E-state index in [4.69, 9.17) is 15.2 Å². The fraction of sp³-hybridized carbons (Fsp3) is 0.455. The third-order valence-electron chi connectivity index (χ3n) is 2.32. The van der Waals surface area contributed by atoms with E-state index in [-0.39, 0.29) is 6.10 Å². The lowest BCUT2D eigenvalue weighted by molar-refractivity contribution is -0.139. The van der Waals surface area contributed by atoms with Crippen molar-refractivity contribution in [1.82, 2.24) is 0 Å². The summed E-state index contributed by atoms with van der Waals surface area (Å²) in [6.45, 7) is 4.45. The highest BCUT2D eigenvalue weighted by atomic mass is 16.7. The van der Waals surface area contributed by atoms with Crippen LogP contribution >= 0.6 is 0 Å². The van der Waals surface area contributed by atoms with Gasteiger partial charge < -0.3 is 15.2 Å².